The summed E-state index contributed by atoms with van der Waals surface area (Å²) in [5.74, 6) is 3.50. The molecule has 3 rings (SSSR count). The molecule has 0 saturated carbocycles. The molecule has 3 aromatic carbocycles. The maximum Gasteiger partial charge on any atom is 0.132 e. The average molecular weight is 673 g/mol. The molecule has 40 heavy (non-hydrogen) atoms. The number of para-hydroxylation sites is 2. The van der Waals surface area contributed by atoms with Crippen molar-refractivity contribution >= 4 is 31.9 Å². The molecule has 0 aliphatic rings. The topological polar surface area (TPSA) is 18.5 Å². The molecule has 0 N–H and O–H groups in total. The normalized spacial score (nSPS) is 12.9. The number of hydrogen-bond acceptors (Lipinski definition) is 2. The lowest BCUT2D eigenvalue weighted by Crippen LogP contribution is -2.25. The van der Waals surface area contributed by atoms with Gasteiger partial charge in [-0.25, -0.2) is 0 Å². The first-order valence-electron chi connectivity index (χ1n) is 14.3. The Balaban J connectivity index is 2.01. The van der Waals surface area contributed by atoms with E-state index in [0.717, 1.165) is 47.0 Å². The zero-order valence-electron chi connectivity index (χ0n) is 26.2. The summed E-state index contributed by atoms with van der Waals surface area (Å²) in [5, 5.41) is 1.32. The third-order valence-corrected chi connectivity index (χ3v) is 8.36. The predicted octanol–water partition coefficient (Wildman–Crippen LogP) is 12.5. The molecule has 0 aliphatic heterocycles. The van der Waals surface area contributed by atoms with Crippen LogP contribution in [0.3, 0.4) is 0 Å². The lowest BCUT2D eigenvalue weighted by molar-refractivity contribution is 0.278. The molecule has 4 heteroatoms. The fraction of sp³-hybridized carbons (Fsp3) is 0.500. The third-order valence-electron chi connectivity index (χ3n) is 7.15. The molecule has 218 valence electrons. The number of hydrogen-bond donors (Lipinski definition) is 0. The number of alkyl halides is 2. The SMILES string of the molecule is CC(C)(C)CC(C)(C)c1ccccc1Oc1cc(CBr)c(Oc2ccccc2C(C)(C)CC(C)(C)C)cc1CBr. The predicted molar refractivity (Wildman–Crippen MR) is 179 cm³/mol. The fourth-order valence-electron chi connectivity index (χ4n) is 6.35. The van der Waals surface area contributed by atoms with Crippen LogP contribution in [0.1, 0.15) is 104 Å². The van der Waals surface area contributed by atoms with Crippen molar-refractivity contribution in [2.45, 2.75) is 104 Å². The summed E-state index contributed by atoms with van der Waals surface area (Å²) >= 11 is 7.44. The first kappa shape index (κ1) is 32.7. The van der Waals surface area contributed by atoms with Gasteiger partial charge in [-0.2, -0.15) is 0 Å². The fourth-order valence-corrected chi connectivity index (χ4v) is 7.23. The Labute approximate surface area is 260 Å². The maximum absolute atomic E-state index is 6.71. The van der Waals surface area contributed by atoms with Crippen molar-refractivity contribution in [2.24, 2.45) is 10.8 Å². The van der Waals surface area contributed by atoms with Gasteiger partial charge in [-0.1, -0.05) is 137 Å². The molecule has 0 amide bonds. The van der Waals surface area contributed by atoms with E-state index in [0.29, 0.717) is 10.7 Å². The smallest absolute Gasteiger partial charge is 0.132 e. The van der Waals surface area contributed by atoms with Crippen molar-refractivity contribution in [3.63, 3.8) is 0 Å². The summed E-state index contributed by atoms with van der Waals surface area (Å²) in [7, 11) is 0. The first-order valence-corrected chi connectivity index (χ1v) is 16.5. The Hall–Kier alpha value is -1.78. The van der Waals surface area contributed by atoms with Crippen LogP contribution < -0.4 is 9.47 Å². The molecule has 0 aromatic heterocycles. The Morgan fingerprint density at radius 1 is 0.500 bits per heavy atom. The highest BCUT2D eigenvalue weighted by Gasteiger charge is 2.31. The van der Waals surface area contributed by atoms with Gasteiger partial charge in [-0.3, -0.25) is 0 Å². The van der Waals surface area contributed by atoms with Gasteiger partial charge >= 0.3 is 0 Å². The van der Waals surface area contributed by atoms with Crippen LogP contribution in [0.4, 0.5) is 0 Å². The standard InChI is InChI=1S/C36H48Br2O2/c1-33(2,3)23-35(7,8)27-15-11-13-17-29(27)39-31-19-26(22-38)32(20-25(31)21-37)40-30-18-14-12-16-28(30)36(9,10)24-34(4,5)6/h11-20H,21-24H2,1-10H3. The van der Waals surface area contributed by atoms with Crippen molar-refractivity contribution in [2.75, 3.05) is 0 Å². The summed E-state index contributed by atoms with van der Waals surface area (Å²) in [6.07, 6.45) is 2.10. The van der Waals surface area contributed by atoms with E-state index in [9.17, 15) is 0 Å². The third kappa shape index (κ3) is 8.61. The highest BCUT2D eigenvalue weighted by Crippen LogP contribution is 2.45. The molecule has 0 bridgehead atoms. The number of ether oxygens (including phenoxy) is 2. The van der Waals surface area contributed by atoms with Gasteiger partial charge in [0.15, 0.2) is 0 Å². The average Bonchev–Trinajstić information content (AvgIpc) is 2.82. The Morgan fingerprint density at radius 2 is 0.825 bits per heavy atom. The molecule has 0 aliphatic carbocycles. The first-order chi connectivity index (χ1) is 18.5. The minimum absolute atomic E-state index is 0.0335. The lowest BCUT2D eigenvalue weighted by atomic mass is 9.72. The quantitative estimate of drug-likeness (QED) is 0.200. The molecule has 0 radical (unpaired) electrons. The van der Waals surface area contributed by atoms with E-state index >= 15 is 0 Å². The molecule has 0 atom stereocenters. The van der Waals surface area contributed by atoms with Crippen molar-refractivity contribution in [3.05, 3.63) is 82.9 Å². The van der Waals surface area contributed by atoms with Crippen LogP contribution in [0.25, 0.3) is 0 Å². The van der Waals surface area contributed by atoms with E-state index in [1.807, 2.05) is 0 Å². The van der Waals surface area contributed by atoms with Crippen LogP contribution in [-0.4, -0.2) is 0 Å². The highest BCUT2D eigenvalue weighted by atomic mass is 79.9. The van der Waals surface area contributed by atoms with Crippen LogP contribution in [0.2, 0.25) is 0 Å². The van der Waals surface area contributed by atoms with Gasteiger partial charge in [0.05, 0.1) is 0 Å². The highest BCUT2D eigenvalue weighted by molar-refractivity contribution is 9.08. The van der Waals surface area contributed by atoms with Gasteiger partial charge < -0.3 is 9.47 Å². The van der Waals surface area contributed by atoms with Crippen LogP contribution >= 0.6 is 31.9 Å². The molecule has 3 aromatic rings. The zero-order chi connectivity index (χ0) is 29.9. The second-order valence-electron chi connectivity index (χ2n) is 14.8. The van der Waals surface area contributed by atoms with Crippen molar-refractivity contribution in [3.8, 4) is 23.0 Å². The largest absolute Gasteiger partial charge is 0.457 e. The van der Waals surface area contributed by atoms with Crippen LogP contribution in [0.15, 0.2) is 60.7 Å². The molecule has 0 heterocycles. The van der Waals surface area contributed by atoms with Gasteiger partial charge in [-0.05, 0) is 58.8 Å². The van der Waals surface area contributed by atoms with Crippen molar-refractivity contribution in [1.29, 1.82) is 0 Å². The van der Waals surface area contributed by atoms with Crippen LogP contribution in [0, 0.1) is 10.8 Å². The van der Waals surface area contributed by atoms with E-state index in [1.165, 1.54) is 11.1 Å². The van der Waals surface area contributed by atoms with E-state index in [1.54, 1.807) is 0 Å². The molecule has 0 unspecified atom stereocenters. The number of benzene rings is 3. The minimum Gasteiger partial charge on any atom is -0.457 e. The summed E-state index contributed by atoms with van der Waals surface area (Å²) in [6.45, 7) is 23.0. The molecule has 0 spiro atoms. The summed E-state index contributed by atoms with van der Waals surface area (Å²) < 4.78 is 13.4. The second kappa shape index (κ2) is 12.6. The van der Waals surface area contributed by atoms with E-state index in [4.69, 9.17) is 9.47 Å². The number of rotatable bonds is 10. The van der Waals surface area contributed by atoms with Gasteiger partial charge in [0.25, 0.3) is 0 Å². The van der Waals surface area contributed by atoms with E-state index < -0.39 is 0 Å². The summed E-state index contributed by atoms with van der Waals surface area (Å²) in [4.78, 5) is 0. The zero-order valence-corrected chi connectivity index (χ0v) is 29.3. The number of halogens is 2. The monoisotopic (exact) mass is 670 g/mol. The molecule has 0 saturated heterocycles. The lowest BCUT2D eigenvalue weighted by Gasteiger charge is -2.34. The van der Waals surface area contributed by atoms with Gasteiger partial charge in [0.2, 0.25) is 0 Å². The van der Waals surface area contributed by atoms with E-state index in [2.05, 4.69) is 162 Å². The minimum atomic E-state index is -0.0335. The van der Waals surface area contributed by atoms with Gasteiger partial charge in [0.1, 0.15) is 23.0 Å². The van der Waals surface area contributed by atoms with Gasteiger partial charge in [0, 0.05) is 32.9 Å². The Morgan fingerprint density at radius 3 is 1.12 bits per heavy atom. The molecule has 0 fully saturated rings. The van der Waals surface area contributed by atoms with Crippen LogP contribution in [-0.2, 0) is 21.5 Å². The van der Waals surface area contributed by atoms with Crippen LogP contribution in [0.5, 0.6) is 23.0 Å². The molecular formula is C36H48Br2O2. The summed E-state index contributed by atoms with van der Waals surface area (Å²) in [5.41, 5.74) is 4.89. The Kier molecular flexibility index (Phi) is 10.3. The van der Waals surface area contributed by atoms with Crippen molar-refractivity contribution in [1.82, 2.24) is 0 Å². The van der Waals surface area contributed by atoms with E-state index in [-0.39, 0.29) is 21.7 Å². The molecular weight excluding hydrogens is 624 g/mol. The summed E-state index contributed by atoms with van der Waals surface area (Å²) in [6, 6.07) is 21.1. The van der Waals surface area contributed by atoms with Gasteiger partial charge in [-0.15, -0.1) is 0 Å². The Bertz CT molecular complexity index is 1190. The second-order valence-corrected chi connectivity index (χ2v) is 15.9. The molecule has 2 nitrogen and oxygen atoms in total. The maximum atomic E-state index is 6.71. The van der Waals surface area contributed by atoms with Crippen molar-refractivity contribution < 1.29 is 9.47 Å².